The predicted molar refractivity (Wildman–Crippen MR) is 88.0 cm³/mol. The maximum absolute atomic E-state index is 13.6. The molecule has 0 bridgehead atoms. The smallest absolute Gasteiger partial charge is 0.256 e. The number of rotatable bonds is 4. The topological polar surface area (TPSA) is 69.6 Å². The first-order chi connectivity index (χ1) is 11.5. The molecular weight excluding hydrogens is 311 g/mol. The lowest BCUT2D eigenvalue weighted by Gasteiger charge is -2.31. The Morgan fingerprint density at radius 3 is 2.58 bits per heavy atom. The molecule has 1 aromatic carbocycles. The van der Waals surface area contributed by atoms with E-state index in [-0.39, 0.29) is 35.8 Å². The summed E-state index contributed by atoms with van der Waals surface area (Å²) in [7, 11) is 0. The van der Waals surface area contributed by atoms with Crippen molar-refractivity contribution in [2.45, 2.75) is 26.2 Å². The van der Waals surface area contributed by atoms with Crippen molar-refractivity contribution >= 4 is 17.5 Å². The molecule has 2 atom stereocenters. The summed E-state index contributed by atoms with van der Waals surface area (Å²) >= 11 is 0. The summed E-state index contributed by atoms with van der Waals surface area (Å²) in [4.78, 5) is 26.6. The van der Waals surface area contributed by atoms with Crippen molar-refractivity contribution in [3.8, 4) is 0 Å². The molecule has 3 rings (SSSR count). The highest BCUT2D eigenvalue weighted by atomic mass is 19.1. The quantitative estimate of drug-likeness (QED) is 0.887. The average Bonchev–Trinajstić information content (AvgIpc) is 3.33. The summed E-state index contributed by atoms with van der Waals surface area (Å²) in [6, 6.07) is 3.89. The van der Waals surface area contributed by atoms with Gasteiger partial charge in [-0.25, -0.2) is 4.39 Å². The number of carbonyl (C=O) groups is 2. The minimum Gasteiger partial charge on any atom is -0.396 e. The van der Waals surface area contributed by atoms with Gasteiger partial charge in [-0.05, 0) is 49.3 Å². The molecule has 1 aromatic rings. The lowest BCUT2D eigenvalue weighted by atomic mass is 9.97. The lowest BCUT2D eigenvalue weighted by molar-refractivity contribution is -0.117. The van der Waals surface area contributed by atoms with Gasteiger partial charge in [0.2, 0.25) is 5.91 Å². The van der Waals surface area contributed by atoms with Crippen molar-refractivity contribution < 1.29 is 19.1 Å². The third kappa shape index (κ3) is 3.59. The number of nitrogens with one attached hydrogen (secondary N) is 1. The van der Waals surface area contributed by atoms with Crippen LogP contribution >= 0.6 is 0 Å². The highest BCUT2D eigenvalue weighted by Gasteiger charge is 2.39. The Morgan fingerprint density at radius 2 is 2.00 bits per heavy atom. The third-order valence-corrected chi connectivity index (χ3v) is 5.08. The number of aliphatic hydroxyl groups excluding tert-OH is 1. The molecule has 2 N–H and O–H groups in total. The van der Waals surface area contributed by atoms with Crippen molar-refractivity contribution in [1.29, 1.82) is 0 Å². The Hall–Kier alpha value is -1.95. The van der Waals surface area contributed by atoms with Gasteiger partial charge in [0.05, 0.1) is 11.3 Å². The van der Waals surface area contributed by atoms with Crippen LogP contribution in [0.1, 0.15) is 36.5 Å². The molecule has 0 spiro atoms. The highest BCUT2D eigenvalue weighted by Crippen LogP contribution is 2.38. The molecular formula is C18H23FN2O3. The number of aliphatic hydroxyl groups is 1. The Labute approximate surface area is 140 Å². The van der Waals surface area contributed by atoms with Gasteiger partial charge < -0.3 is 15.3 Å². The first kappa shape index (κ1) is 16.9. The zero-order chi connectivity index (χ0) is 17.3. The Morgan fingerprint density at radius 1 is 1.33 bits per heavy atom. The van der Waals surface area contributed by atoms with Crippen LogP contribution in [-0.2, 0) is 4.79 Å². The molecule has 5 nitrogen and oxygen atoms in total. The van der Waals surface area contributed by atoms with Gasteiger partial charge in [-0.15, -0.1) is 0 Å². The van der Waals surface area contributed by atoms with E-state index in [4.69, 9.17) is 0 Å². The number of hydrogen-bond acceptors (Lipinski definition) is 3. The number of hydrogen-bond donors (Lipinski definition) is 2. The number of piperidine rings is 1. The first-order valence-electron chi connectivity index (χ1n) is 8.50. The number of carbonyl (C=O) groups excluding carboxylic acids is 2. The molecule has 0 aromatic heterocycles. The molecule has 130 valence electrons. The van der Waals surface area contributed by atoms with Crippen LogP contribution in [0.15, 0.2) is 18.2 Å². The summed E-state index contributed by atoms with van der Waals surface area (Å²) < 4.78 is 13.6. The lowest BCUT2D eigenvalue weighted by Crippen LogP contribution is -2.39. The molecule has 6 heteroatoms. The predicted octanol–water partition coefficient (Wildman–Crippen LogP) is 2.26. The fourth-order valence-electron chi connectivity index (χ4n) is 3.20. The second-order valence-corrected chi connectivity index (χ2v) is 6.92. The van der Waals surface area contributed by atoms with Crippen LogP contribution in [0.25, 0.3) is 0 Å². The van der Waals surface area contributed by atoms with Gasteiger partial charge in [-0.1, -0.05) is 6.92 Å². The molecule has 0 radical (unpaired) electrons. The van der Waals surface area contributed by atoms with E-state index in [0.717, 1.165) is 19.3 Å². The van der Waals surface area contributed by atoms with E-state index < -0.39 is 5.82 Å². The van der Waals surface area contributed by atoms with E-state index in [1.807, 2.05) is 6.92 Å². The maximum atomic E-state index is 13.6. The standard InChI is InChI=1S/C18H23FN2O3/c1-11-8-14(11)17(23)20-16-3-2-13(19)9-15(16)18(24)21-6-4-12(10-22)5-7-21/h2-3,9,11-12,14,22H,4-8,10H2,1H3,(H,20,23). The van der Waals surface area contributed by atoms with Gasteiger partial charge in [0.1, 0.15) is 5.82 Å². The van der Waals surface area contributed by atoms with E-state index in [0.29, 0.717) is 24.7 Å². The summed E-state index contributed by atoms with van der Waals surface area (Å²) in [6.07, 6.45) is 2.32. The SMILES string of the molecule is CC1CC1C(=O)Nc1ccc(F)cc1C(=O)N1CCC(CO)CC1. The van der Waals surface area contributed by atoms with Crippen LogP contribution in [0.3, 0.4) is 0 Å². The number of anilines is 1. The van der Waals surface area contributed by atoms with Crippen LogP contribution in [0.2, 0.25) is 0 Å². The Balaban J connectivity index is 1.75. The van der Waals surface area contributed by atoms with E-state index in [9.17, 15) is 19.1 Å². The Kier molecular flexibility index (Phi) is 4.85. The van der Waals surface area contributed by atoms with E-state index in [1.54, 1.807) is 4.90 Å². The van der Waals surface area contributed by atoms with Crippen LogP contribution in [0.5, 0.6) is 0 Å². The zero-order valence-corrected chi connectivity index (χ0v) is 13.8. The Bertz CT molecular complexity index is 641. The van der Waals surface area contributed by atoms with Crippen molar-refractivity contribution in [2.24, 2.45) is 17.8 Å². The van der Waals surface area contributed by atoms with Gasteiger partial charge in [-0.2, -0.15) is 0 Å². The van der Waals surface area contributed by atoms with Gasteiger partial charge in [-0.3, -0.25) is 9.59 Å². The van der Waals surface area contributed by atoms with E-state index >= 15 is 0 Å². The molecule has 2 fully saturated rings. The van der Waals surface area contributed by atoms with Crippen LogP contribution < -0.4 is 5.32 Å². The zero-order valence-electron chi connectivity index (χ0n) is 13.8. The second-order valence-electron chi connectivity index (χ2n) is 6.92. The molecule has 1 saturated heterocycles. The molecule has 2 amide bonds. The van der Waals surface area contributed by atoms with Gasteiger partial charge in [0, 0.05) is 25.6 Å². The third-order valence-electron chi connectivity index (χ3n) is 5.08. The van der Waals surface area contributed by atoms with E-state index in [1.165, 1.54) is 18.2 Å². The number of nitrogens with zero attached hydrogens (tertiary/aromatic N) is 1. The second kappa shape index (κ2) is 6.89. The van der Waals surface area contributed by atoms with E-state index in [2.05, 4.69) is 5.32 Å². The number of amides is 2. The first-order valence-corrected chi connectivity index (χ1v) is 8.50. The van der Waals surface area contributed by atoms with Gasteiger partial charge in [0.25, 0.3) is 5.91 Å². The molecule has 1 aliphatic heterocycles. The highest BCUT2D eigenvalue weighted by molar-refractivity contribution is 6.04. The van der Waals surface area contributed by atoms with Crippen LogP contribution in [0.4, 0.5) is 10.1 Å². The molecule has 2 aliphatic rings. The van der Waals surface area contributed by atoms with Crippen molar-refractivity contribution in [3.63, 3.8) is 0 Å². The average molecular weight is 334 g/mol. The number of benzene rings is 1. The minimum absolute atomic E-state index is 0.0155. The molecule has 1 heterocycles. The fourth-order valence-corrected chi connectivity index (χ4v) is 3.20. The minimum atomic E-state index is -0.499. The van der Waals surface area contributed by atoms with Gasteiger partial charge in [0.15, 0.2) is 0 Å². The van der Waals surface area contributed by atoms with Crippen LogP contribution in [-0.4, -0.2) is 41.5 Å². The molecule has 2 unspecified atom stereocenters. The molecule has 1 aliphatic carbocycles. The summed E-state index contributed by atoms with van der Waals surface area (Å²) in [5.74, 6) is -0.314. The molecule has 24 heavy (non-hydrogen) atoms. The molecule has 1 saturated carbocycles. The summed E-state index contributed by atoms with van der Waals surface area (Å²) in [5, 5.41) is 12.0. The fraction of sp³-hybridized carbons (Fsp3) is 0.556. The number of halogens is 1. The normalized spacial score (nSPS) is 23.9. The number of likely N-dealkylation sites (tertiary alicyclic amines) is 1. The monoisotopic (exact) mass is 334 g/mol. The summed E-state index contributed by atoms with van der Waals surface area (Å²) in [5.41, 5.74) is 0.564. The largest absolute Gasteiger partial charge is 0.396 e. The van der Waals surface area contributed by atoms with Crippen molar-refractivity contribution in [1.82, 2.24) is 4.90 Å². The van der Waals surface area contributed by atoms with Crippen LogP contribution in [0, 0.1) is 23.6 Å². The summed E-state index contributed by atoms with van der Waals surface area (Å²) in [6.45, 7) is 3.20. The van der Waals surface area contributed by atoms with Crippen molar-refractivity contribution in [3.05, 3.63) is 29.6 Å². The van der Waals surface area contributed by atoms with Crippen molar-refractivity contribution in [2.75, 3.05) is 25.0 Å². The van der Waals surface area contributed by atoms with Gasteiger partial charge >= 0.3 is 0 Å². The maximum Gasteiger partial charge on any atom is 0.256 e.